The van der Waals surface area contributed by atoms with Crippen LogP contribution >= 0.6 is 11.8 Å². The summed E-state index contributed by atoms with van der Waals surface area (Å²) in [6.07, 6.45) is 0. The van der Waals surface area contributed by atoms with Crippen LogP contribution < -0.4 is 5.32 Å². The molecule has 3 aromatic carbocycles. The van der Waals surface area contributed by atoms with Gasteiger partial charge in [0, 0.05) is 41.4 Å². The van der Waals surface area contributed by atoms with Gasteiger partial charge in [-0.25, -0.2) is 8.42 Å². The number of rotatable bonds is 6. The Bertz CT molecular complexity index is 1280. The second-order valence-corrected chi connectivity index (χ2v) is 11.4. The minimum atomic E-state index is -3.45. The van der Waals surface area contributed by atoms with Gasteiger partial charge >= 0.3 is 0 Å². The van der Waals surface area contributed by atoms with Crippen molar-refractivity contribution in [3.8, 4) is 0 Å². The van der Waals surface area contributed by atoms with E-state index in [1.54, 1.807) is 72.8 Å². The number of amides is 2. The van der Waals surface area contributed by atoms with E-state index in [1.807, 2.05) is 23.6 Å². The van der Waals surface area contributed by atoms with Crippen molar-refractivity contribution in [2.45, 2.75) is 17.6 Å². The maximum absolute atomic E-state index is 12.7. The van der Waals surface area contributed by atoms with Gasteiger partial charge in [-0.15, -0.1) is 0 Å². The van der Waals surface area contributed by atoms with Gasteiger partial charge in [0.2, 0.25) is 0 Å². The van der Waals surface area contributed by atoms with E-state index in [-0.39, 0.29) is 22.5 Å². The molecule has 4 rings (SSSR count). The Morgan fingerprint density at radius 2 is 1.56 bits per heavy atom. The highest BCUT2D eigenvalue weighted by molar-refractivity contribution is 7.99. The van der Waals surface area contributed by atoms with E-state index in [2.05, 4.69) is 5.32 Å². The molecule has 1 aliphatic heterocycles. The Morgan fingerprint density at radius 3 is 2.21 bits per heavy atom. The fourth-order valence-corrected chi connectivity index (χ4v) is 6.04. The fourth-order valence-electron chi connectivity index (χ4n) is 3.76. The summed E-state index contributed by atoms with van der Waals surface area (Å²) in [5, 5.41) is 2.88. The highest BCUT2D eigenvalue weighted by Crippen LogP contribution is 2.21. The third-order valence-electron chi connectivity index (χ3n) is 5.69. The Kier molecular flexibility index (Phi) is 7.38. The summed E-state index contributed by atoms with van der Waals surface area (Å²) in [5.74, 6) is 1.49. The zero-order valence-electron chi connectivity index (χ0n) is 18.9. The van der Waals surface area contributed by atoms with Gasteiger partial charge in [0.05, 0.1) is 10.6 Å². The van der Waals surface area contributed by atoms with E-state index < -0.39 is 9.84 Å². The van der Waals surface area contributed by atoms with E-state index in [1.165, 1.54) is 0 Å². The molecule has 1 heterocycles. The lowest BCUT2D eigenvalue weighted by atomic mass is 10.1. The summed E-state index contributed by atoms with van der Waals surface area (Å²) in [6.45, 7) is 3.36. The van der Waals surface area contributed by atoms with Gasteiger partial charge in [-0.1, -0.05) is 30.3 Å². The zero-order chi connectivity index (χ0) is 24.1. The van der Waals surface area contributed by atoms with Crippen molar-refractivity contribution in [2.24, 2.45) is 0 Å². The summed E-state index contributed by atoms with van der Waals surface area (Å²) in [6, 6.07) is 20.1. The van der Waals surface area contributed by atoms with E-state index in [0.29, 0.717) is 22.4 Å². The maximum atomic E-state index is 12.7. The van der Waals surface area contributed by atoms with Crippen LogP contribution in [-0.2, 0) is 15.6 Å². The van der Waals surface area contributed by atoms with E-state index >= 15 is 0 Å². The molecule has 3 aromatic rings. The van der Waals surface area contributed by atoms with E-state index in [0.717, 1.165) is 30.2 Å². The third-order valence-corrected chi connectivity index (χ3v) is 8.34. The average molecular weight is 495 g/mol. The van der Waals surface area contributed by atoms with Crippen LogP contribution in [0.25, 0.3) is 0 Å². The van der Waals surface area contributed by atoms with Crippen molar-refractivity contribution in [1.29, 1.82) is 0 Å². The first-order valence-electron chi connectivity index (χ1n) is 11.0. The summed E-state index contributed by atoms with van der Waals surface area (Å²) in [7, 11) is -3.45. The molecule has 1 fully saturated rings. The first kappa shape index (κ1) is 24.0. The lowest BCUT2D eigenvalue weighted by Gasteiger charge is -2.26. The minimum absolute atomic E-state index is 0.0160. The highest BCUT2D eigenvalue weighted by atomic mass is 32.2. The SMILES string of the molecule is Cc1cc(C(=O)N2CCSCC2)ccc1NC(=O)c1ccc(CS(=O)(=O)c2ccccc2)cc1. The number of hydrogen-bond donors (Lipinski definition) is 1. The number of thioether (sulfide) groups is 1. The molecule has 0 aromatic heterocycles. The molecule has 0 unspecified atom stereocenters. The smallest absolute Gasteiger partial charge is 0.255 e. The van der Waals surface area contributed by atoms with Gasteiger partial charge < -0.3 is 10.2 Å². The Labute approximate surface area is 204 Å². The molecule has 34 heavy (non-hydrogen) atoms. The van der Waals surface area contributed by atoms with Gasteiger partial charge in [-0.2, -0.15) is 11.8 Å². The number of carbonyl (C=O) groups is 2. The molecular formula is C26H26N2O4S2. The molecule has 0 atom stereocenters. The van der Waals surface area contributed by atoms with Crippen LogP contribution in [0.1, 0.15) is 31.8 Å². The maximum Gasteiger partial charge on any atom is 0.255 e. The van der Waals surface area contributed by atoms with Gasteiger partial charge in [0.1, 0.15) is 0 Å². The number of anilines is 1. The molecule has 176 valence electrons. The van der Waals surface area contributed by atoms with Crippen LogP contribution in [0.5, 0.6) is 0 Å². The van der Waals surface area contributed by atoms with Crippen molar-refractivity contribution in [3.63, 3.8) is 0 Å². The normalized spacial score (nSPS) is 14.0. The first-order valence-corrected chi connectivity index (χ1v) is 13.8. The molecule has 0 radical (unpaired) electrons. The summed E-state index contributed by atoms with van der Waals surface area (Å²) >= 11 is 1.85. The predicted molar refractivity (Wildman–Crippen MR) is 136 cm³/mol. The standard InChI is InChI=1S/C26H26N2O4S2/c1-19-17-22(26(30)28-13-15-33-16-14-28)11-12-24(19)27-25(29)21-9-7-20(8-10-21)18-34(31,32)23-5-3-2-4-6-23/h2-12,17H,13-16,18H2,1H3,(H,27,29). The van der Waals surface area contributed by atoms with Gasteiger partial charge in [0.15, 0.2) is 9.84 Å². The largest absolute Gasteiger partial charge is 0.337 e. The summed E-state index contributed by atoms with van der Waals surface area (Å²) < 4.78 is 25.1. The number of benzene rings is 3. The van der Waals surface area contributed by atoms with Crippen molar-refractivity contribution in [1.82, 2.24) is 4.90 Å². The van der Waals surface area contributed by atoms with Crippen molar-refractivity contribution >= 4 is 39.1 Å². The number of nitrogens with zero attached hydrogens (tertiary/aromatic N) is 1. The van der Waals surface area contributed by atoms with Gasteiger partial charge in [-0.3, -0.25) is 9.59 Å². The van der Waals surface area contributed by atoms with Crippen LogP contribution in [0.4, 0.5) is 5.69 Å². The molecule has 1 N–H and O–H groups in total. The van der Waals surface area contributed by atoms with Crippen LogP contribution in [0.3, 0.4) is 0 Å². The molecule has 0 spiro atoms. The third kappa shape index (κ3) is 5.69. The Balaban J connectivity index is 1.41. The quantitative estimate of drug-likeness (QED) is 0.549. The number of aryl methyl sites for hydroxylation is 1. The van der Waals surface area contributed by atoms with Gasteiger partial charge in [-0.05, 0) is 60.5 Å². The number of nitrogens with one attached hydrogen (secondary N) is 1. The molecular weight excluding hydrogens is 468 g/mol. The molecule has 6 nitrogen and oxygen atoms in total. The van der Waals surface area contributed by atoms with Gasteiger partial charge in [0.25, 0.3) is 11.8 Å². The molecule has 1 aliphatic rings. The highest BCUT2D eigenvalue weighted by Gasteiger charge is 2.19. The zero-order valence-corrected chi connectivity index (χ0v) is 20.5. The molecule has 1 saturated heterocycles. The predicted octanol–water partition coefficient (Wildman–Crippen LogP) is 4.41. The number of carbonyl (C=O) groups excluding carboxylic acids is 2. The monoisotopic (exact) mass is 494 g/mol. The molecule has 0 aliphatic carbocycles. The Morgan fingerprint density at radius 1 is 0.912 bits per heavy atom. The summed E-state index contributed by atoms with van der Waals surface area (Å²) in [4.78, 5) is 27.6. The molecule has 0 bridgehead atoms. The molecule has 2 amide bonds. The van der Waals surface area contributed by atoms with Crippen LogP contribution in [-0.4, -0.2) is 49.7 Å². The second kappa shape index (κ2) is 10.4. The number of sulfone groups is 1. The topological polar surface area (TPSA) is 83.6 Å². The lowest BCUT2D eigenvalue weighted by molar-refractivity contribution is 0.0772. The van der Waals surface area contributed by atoms with Crippen molar-refractivity contribution < 1.29 is 18.0 Å². The summed E-state index contributed by atoms with van der Waals surface area (Å²) in [5.41, 5.74) is 3.08. The van der Waals surface area contributed by atoms with Crippen molar-refractivity contribution in [3.05, 3.63) is 95.1 Å². The van der Waals surface area contributed by atoms with Crippen LogP contribution in [0.2, 0.25) is 0 Å². The number of hydrogen-bond acceptors (Lipinski definition) is 5. The lowest BCUT2D eigenvalue weighted by Crippen LogP contribution is -2.37. The fraction of sp³-hybridized carbons (Fsp3) is 0.231. The Hall–Kier alpha value is -3.10. The second-order valence-electron chi connectivity index (χ2n) is 8.16. The first-order chi connectivity index (χ1) is 16.3. The molecule has 0 saturated carbocycles. The van der Waals surface area contributed by atoms with Crippen LogP contribution in [0, 0.1) is 6.92 Å². The average Bonchev–Trinajstić information content (AvgIpc) is 2.86. The minimum Gasteiger partial charge on any atom is -0.337 e. The van der Waals surface area contributed by atoms with E-state index in [4.69, 9.17) is 0 Å². The van der Waals surface area contributed by atoms with Crippen molar-refractivity contribution in [2.75, 3.05) is 29.9 Å². The molecule has 8 heteroatoms. The van der Waals surface area contributed by atoms with Crippen LogP contribution in [0.15, 0.2) is 77.7 Å². The van der Waals surface area contributed by atoms with E-state index in [9.17, 15) is 18.0 Å².